The molecule has 7 heteroatoms. The summed E-state index contributed by atoms with van der Waals surface area (Å²) in [5, 5.41) is 0. The van der Waals surface area contributed by atoms with Crippen LogP contribution in [0.15, 0.2) is 48.5 Å². The lowest BCUT2D eigenvalue weighted by molar-refractivity contribution is -0.133. The van der Waals surface area contributed by atoms with Crippen LogP contribution in [0.1, 0.15) is 74.4 Å². The second-order valence-electron chi connectivity index (χ2n) is 10.9. The highest BCUT2D eigenvalue weighted by Gasteiger charge is 2.52. The topological polar surface area (TPSA) is 75.3 Å². The minimum atomic E-state index is -0.290. The van der Waals surface area contributed by atoms with Gasteiger partial charge in [-0.2, -0.15) is 0 Å². The van der Waals surface area contributed by atoms with Gasteiger partial charge in [-0.25, -0.2) is 9.78 Å². The van der Waals surface area contributed by atoms with Gasteiger partial charge in [-0.05, 0) is 86.4 Å². The molecule has 4 aliphatic rings. The van der Waals surface area contributed by atoms with E-state index in [1.165, 1.54) is 5.56 Å². The fraction of sp³-hybridized carbons (Fsp3) is 0.483. The molecule has 7 rings (SSSR count). The normalized spacial score (nSPS) is 27.4. The Hall–Kier alpha value is -3.09. The van der Waals surface area contributed by atoms with Crippen LogP contribution < -0.4 is 0 Å². The Bertz CT molecular complexity index is 1260. The first-order valence-corrected chi connectivity index (χ1v) is 13.2. The van der Waals surface area contributed by atoms with Crippen molar-refractivity contribution in [2.45, 2.75) is 75.8 Å². The van der Waals surface area contributed by atoms with Gasteiger partial charge in [0.05, 0.1) is 24.9 Å². The molecule has 1 amide bonds. The van der Waals surface area contributed by atoms with Gasteiger partial charge in [0.25, 0.3) is 0 Å². The summed E-state index contributed by atoms with van der Waals surface area (Å²) < 4.78 is 5.62. The van der Waals surface area contributed by atoms with E-state index in [2.05, 4.69) is 23.2 Å². The molecule has 6 nitrogen and oxygen atoms in total. The maximum absolute atomic E-state index is 12.9. The van der Waals surface area contributed by atoms with Crippen molar-refractivity contribution in [3.8, 4) is 0 Å². The number of nitrogens with one attached hydrogen (secondary N) is 1. The van der Waals surface area contributed by atoms with Crippen LogP contribution in [0.2, 0.25) is 6.32 Å². The van der Waals surface area contributed by atoms with Crippen molar-refractivity contribution in [2.24, 2.45) is 5.41 Å². The largest absolute Gasteiger partial charge is 0.445 e. The van der Waals surface area contributed by atoms with Crippen LogP contribution in [0.25, 0.3) is 11.0 Å². The number of benzene rings is 2. The molecule has 3 saturated carbocycles. The summed E-state index contributed by atoms with van der Waals surface area (Å²) in [5.41, 5.74) is 4.21. The SMILES string of the molecule is [B]CC(=O)C12CCC(c3ccc4nc(C5CCCN5C(=O)OCc5ccccc5)[nH]c4c3)(CC1)CC2. The highest BCUT2D eigenvalue weighted by molar-refractivity contribution is 6.21. The summed E-state index contributed by atoms with van der Waals surface area (Å²) in [6, 6.07) is 16.2. The predicted molar refractivity (Wildman–Crippen MR) is 139 cm³/mol. The van der Waals surface area contributed by atoms with Gasteiger partial charge in [0.1, 0.15) is 18.2 Å². The van der Waals surface area contributed by atoms with Gasteiger partial charge < -0.3 is 9.72 Å². The number of carbonyl (C=O) groups is 2. The molecule has 1 saturated heterocycles. The van der Waals surface area contributed by atoms with Crippen molar-refractivity contribution in [3.63, 3.8) is 0 Å². The Balaban J connectivity index is 1.19. The van der Waals surface area contributed by atoms with Gasteiger partial charge in [-0.1, -0.05) is 36.4 Å². The quantitative estimate of drug-likeness (QED) is 0.453. The Labute approximate surface area is 213 Å². The van der Waals surface area contributed by atoms with Crippen LogP contribution in [0.5, 0.6) is 0 Å². The van der Waals surface area contributed by atoms with E-state index < -0.39 is 0 Å². The van der Waals surface area contributed by atoms with Crippen LogP contribution in [-0.4, -0.2) is 41.1 Å². The molecule has 184 valence electrons. The highest BCUT2D eigenvalue weighted by atomic mass is 16.6. The maximum Gasteiger partial charge on any atom is 0.410 e. The van der Waals surface area contributed by atoms with Crippen molar-refractivity contribution >= 4 is 30.8 Å². The van der Waals surface area contributed by atoms with E-state index in [9.17, 15) is 9.59 Å². The molecular formula is C29H32BN3O3. The summed E-state index contributed by atoms with van der Waals surface area (Å²) in [6.07, 6.45) is 7.61. The van der Waals surface area contributed by atoms with Crippen molar-refractivity contribution in [3.05, 3.63) is 65.5 Å². The van der Waals surface area contributed by atoms with E-state index in [0.29, 0.717) is 6.54 Å². The number of hydrogen-bond acceptors (Lipinski definition) is 4. The molecule has 2 bridgehead atoms. The van der Waals surface area contributed by atoms with Crippen LogP contribution in [-0.2, 0) is 21.6 Å². The summed E-state index contributed by atoms with van der Waals surface area (Å²) in [5.74, 6) is 1.07. The Kier molecular flexibility index (Phi) is 5.89. The smallest absolute Gasteiger partial charge is 0.410 e. The molecule has 2 heterocycles. The molecule has 1 aromatic heterocycles. The number of imidazole rings is 1. The number of nitrogens with zero attached hydrogens (tertiary/aromatic N) is 2. The van der Waals surface area contributed by atoms with Crippen LogP contribution in [0.4, 0.5) is 4.79 Å². The molecule has 1 aliphatic heterocycles. The average Bonchev–Trinajstić information content (AvgIpc) is 3.60. The number of ketones is 1. The zero-order chi connectivity index (χ0) is 24.8. The Morgan fingerprint density at radius 3 is 2.53 bits per heavy atom. The summed E-state index contributed by atoms with van der Waals surface area (Å²) >= 11 is 0. The summed E-state index contributed by atoms with van der Waals surface area (Å²) in [7, 11) is 5.72. The summed E-state index contributed by atoms with van der Waals surface area (Å²) in [6.45, 7) is 0.944. The van der Waals surface area contributed by atoms with Gasteiger partial charge in [-0.15, -0.1) is 0 Å². The number of Topliss-reactive ketones (excluding diaryl/α,β-unsaturated/α-hetero) is 1. The minimum absolute atomic E-state index is 0.102. The first-order valence-electron chi connectivity index (χ1n) is 13.2. The molecule has 1 atom stereocenters. The van der Waals surface area contributed by atoms with E-state index in [0.717, 1.165) is 73.8 Å². The number of H-pyrrole nitrogens is 1. The van der Waals surface area contributed by atoms with E-state index in [1.54, 1.807) is 4.90 Å². The number of fused-ring (bicyclic) bond motifs is 4. The lowest BCUT2D eigenvalue weighted by atomic mass is 9.50. The maximum atomic E-state index is 12.9. The summed E-state index contributed by atoms with van der Waals surface area (Å²) in [4.78, 5) is 35.6. The number of carbonyl (C=O) groups excluding carboxylic acids is 2. The number of aromatic nitrogens is 2. The molecule has 1 unspecified atom stereocenters. The molecule has 2 aromatic carbocycles. The zero-order valence-corrected chi connectivity index (χ0v) is 20.7. The molecule has 4 fully saturated rings. The highest BCUT2D eigenvalue weighted by Crippen LogP contribution is 2.58. The molecule has 36 heavy (non-hydrogen) atoms. The fourth-order valence-corrected chi connectivity index (χ4v) is 6.84. The Morgan fingerprint density at radius 1 is 1.06 bits per heavy atom. The van der Waals surface area contributed by atoms with Crippen molar-refractivity contribution in [2.75, 3.05) is 6.54 Å². The van der Waals surface area contributed by atoms with E-state index in [-0.39, 0.29) is 41.7 Å². The lowest BCUT2D eigenvalue weighted by Gasteiger charge is -2.53. The molecule has 0 spiro atoms. The Morgan fingerprint density at radius 2 is 1.81 bits per heavy atom. The van der Waals surface area contributed by atoms with Crippen LogP contribution in [0.3, 0.4) is 0 Å². The van der Waals surface area contributed by atoms with E-state index in [4.69, 9.17) is 17.6 Å². The number of ether oxygens (including phenoxy) is 1. The van der Waals surface area contributed by atoms with Crippen LogP contribution in [0, 0.1) is 5.41 Å². The molecule has 2 radical (unpaired) electrons. The van der Waals surface area contributed by atoms with Crippen LogP contribution >= 0.6 is 0 Å². The van der Waals surface area contributed by atoms with E-state index in [1.807, 2.05) is 30.3 Å². The van der Waals surface area contributed by atoms with Gasteiger partial charge in [0.2, 0.25) is 0 Å². The van der Waals surface area contributed by atoms with Crippen molar-refractivity contribution in [1.29, 1.82) is 0 Å². The number of aromatic amines is 1. The second kappa shape index (κ2) is 9.09. The fourth-order valence-electron chi connectivity index (χ4n) is 6.84. The minimum Gasteiger partial charge on any atom is -0.445 e. The molecular weight excluding hydrogens is 449 g/mol. The lowest BCUT2D eigenvalue weighted by Crippen LogP contribution is -2.47. The van der Waals surface area contributed by atoms with E-state index >= 15 is 0 Å². The number of hydrogen-bond donors (Lipinski definition) is 1. The molecule has 1 N–H and O–H groups in total. The standard InChI is InChI=1S/C29H32BN3O3/c30-18-25(34)29-13-10-28(11-14-29,12-15-29)21-8-9-22-23(17-21)32-26(31-22)24-7-4-16-33(24)27(35)36-19-20-5-2-1-3-6-20/h1-3,5-6,8-9,17,24H,4,7,10-16,18-19H2,(H,31,32). The van der Waals surface area contributed by atoms with Crippen molar-refractivity contribution in [1.82, 2.24) is 14.9 Å². The number of amides is 1. The third-order valence-corrected chi connectivity index (χ3v) is 9.14. The van der Waals surface area contributed by atoms with Crippen molar-refractivity contribution < 1.29 is 14.3 Å². The first-order chi connectivity index (χ1) is 17.5. The third kappa shape index (κ3) is 3.93. The molecule has 3 aliphatic carbocycles. The zero-order valence-electron chi connectivity index (χ0n) is 20.7. The van der Waals surface area contributed by atoms with Gasteiger partial charge in [-0.3, -0.25) is 9.69 Å². The van der Waals surface area contributed by atoms with Gasteiger partial charge >= 0.3 is 6.09 Å². The third-order valence-electron chi connectivity index (χ3n) is 9.14. The monoisotopic (exact) mass is 481 g/mol. The first kappa shape index (κ1) is 23.3. The van der Waals surface area contributed by atoms with Gasteiger partial charge in [0, 0.05) is 12.0 Å². The number of likely N-dealkylation sites (tertiary alicyclic amines) is 1. The van der Waals surface area contributed by atoms with Gasteiger partial charge in [0.15, 0.2) is 0 Å². The number of rotatable bonds is 6. The molecule has 3 aromatic rings. The average molecular weight is 481 g/mol. The predicted octanol–water partition coefficient (Wildman–Crippen LogP) is 5.78. The second-order valence-corrected chi connectivity index (χ2v) is 10.9.